The van der Waals surface area contributed by atoms with Gasteiger partial charge in [-0.2, -0.15) is 4.37 Å². The molecule has 0 unspecified atom stereocenters. The number of nitrogens with one attached hydrogen (secondary N) is 1. The zero-order chi connectivity index (χ0) is 11.8. The van der Waals surface area contributed by atoms with Crippen LogP contribution in [0, 0.1) is 5.41 Å². The molecule has 0 atom stereocenters. The lowest BCUT2D eigenvalue weighted by atomic mass is 9.96. The van der Waals surface area contributed by atoms with Crippen molar-refractivity contribution in [2.45, 2.75) is 39.0 Å². The monoisotopic (exact) mass is 259 g/mol. The third-order valence-corrected chi connectivity index (χ3v) is 4.19. The van der Waals surface area contributed by atoms with E-state index in [0.29, 0.717) is 5.41 Å². The Labute approximate surface area is 106 Å². The van der Waals surface area contributed by atoms with Crippen molar-refractivity contribution >= 4 is 28.3 Å². The molecule has 16 heavy (non-hydrogen) atoms. The molecule has 3 nitrogen and oxygen atoms in total. The van der Waals surface area contributed by atoms with E-state index in [1.165, 1.54) is 24.4 Å². The van der Waals surface area contributed by atoms with Crippen molar-refractivity contribution in [1.29, 1.82) is 0 Å². The number of aromatic nitrogens is 2. The third kappa shape index (κ3) is 2.66. The van der Waals surface area contributed by atoms with Gasteiger partial charge in [0.05, 0.1) is 0 Å². The second kappa shape index (κ2) is 4.15. The van der Waals surface area contributed by atoms with Crippen LogP contribution in [-0.4, -0.2) is 21.8 Å². The van der Waals surface area contributed by atoms with Gasteiger partial charge < -0.3 is 5.32 Å². The number of nitrogens with zero attached hydrogens (tertiary/aromatic N) is 2. The van der Waals surface area contributed by atoms with Crippen molar-refractivity contribution in [3.05, 3.63) is 5.82 Å². The van der Waals surface area contributed by atoms with Crippen LogP contribution in [0.4, 0.5) is 5.13 Å². The topological polar surface area (TPSA) is 37.8 Å². The molecule has 0 aromatic carbocycles. The van der Waals surface area contributed by atoms with Crippen LogP contribution >= 0.6 is 23.1 Å². The van der Waals surface area contributed by atoms with Gasteiger partial charge in [-0.1, -0.05) is 20.8 Å². The summed E-state index contributed by atoms with van der Waals surface area (Å²) in [6.45, 7) is 7.30. The predicted octanol–water partition coefficient (Wildman–Crippen LogP) is 3.27. The Balaban J connectivity index is 1.93. The summed E-state index contributed by atoms with van der Waals surface area (Å²) in [6.07, 6.45) is 2.46. The number of halogens is 1. The summed E-state index contributed by atoms with van der Waals surface area (Å²) in [7, 11) is 0. The number of rotatable bonds is 4. The van der Waals surface area contributed by atoms with Crippen LogP contribution in [-0.2, 0) is 5.41 Å². The van der Waals surface area contributed by atoms with Crippen LogP contribution in [0.1, 0.15) is 39.4 Å². The van der Waals surface area contributed by atoms with Crippen molar-refractivity contribution in [2.24, 2.45) is 5.41 Å². The molecule has 1 saturated carbocycles. The van der Waals surface area contributed by atoms with Gasteiger partial charge in [-0.25, -0.2) is 4.98 Å². The van der Waals surface area contributed by atoms with E-state index in [2.05, 4.69) is 35.4 Å². The first-order valence-corrected chi connectivity index (χ1v) is 6.90. The molecule has 0 bridgehead atoms. The molecule has 0 spiro atoms. The minimum Gasteiger partial charge on any atom is -0.360 e. The summed E-state index contributed by atoms with van der Waals surface area (Å²) in [5.74, 6) is 1.65. The highest BCUT2D eigenvalue weighted by atomic mass is 35.5. The molecule has 0 aliphatic heterocycles. The lowest BCUT2D eigenvalue weighted by Gasteiger charge is -2.13. The fourth-order valence-corrected chi connectivity index (χ4v) is 2.51. The maximum absolute atomic E-state index is 5.93. The van der Waals surface area contributed by atoms with Gasteiger partial charge in [0.15, 0.2) is 0 Å². The average Bonchev–Trinajstić information content (AvgIpc) is 2.83. The van der Waals surface area contributed by atoms with Crippen LogP contribution in [0.15, 0.2) is 0 Å². The Morgan fingerprint density at radius 3 is 2.56 bits per heavy atom. The largest absolute Gasteiger partial charge is 0.360 e. The average molecular weight is 260 g/mol. The Bertz CT molecular complexity index is 366. The first-order valence-electron chi connectivity index (χ1n) is 5.59. The summed E-state index contributed by atoms with van der Waals surface area (Å²) >= 11 is 7.37. The van der Waals surface area contributed by atoms with E-state index in [1.54, 1.807) is 0 Å². The summed E-state index contributed by atoms with van der Waals surface area (Å²) < 4.78 is 4.37. The molecule has 0 saturated heterocycles. The summed E-state index contributed by atoms with van der Waals surface area (Å²) in [4.78, 5) is 4.50. The molecule has 1 aliphatic carbocycles. The molecular formula is C11H18ClN3S. The SMILES string of the molecule is CC(C)(C)c1nsc(NCC2(CCl)CC2)n1. The van der Waals surface area contributed by atoms with Gasteiger partial charge in [0.1, 0.15) is 5.82 Å². The maximum atomic E-state index is 5.93. The van der Waals surface area contributed by atoms with Gasteiger partial charge in [-0.3, -0.25) is 0 Å². The molecule has 1 N–H and O–H groups in total. The van der Waals surface area contributed by atoms with Gasteiger partial charge in [0.2, 0.25) is 5.13 Å². The van der Waals surface area contributed by atoms with Gasteiger partial charge in [-0.15, -0.1) is 11.6 Å². The molecule has 1 aliphatic rings. The molecule has 1 heterocycles. The van der Waals surface area contributed by atoms with E-state index in [9.17, 15) is 0 Å². The highest BCUT2D eigenvalue weighted by Crippen LogP contribution is 2.46. The molecule has 2 rings (SSSR count). The van der Waals surface area contributed by atoms with Gasteiger partial charge in [0.25, 0.3) is 0 Å². The number of anilines is 1. The van der Waals surface area contributed by atoms with Crippen molar-refractivity contribution in [1.82, 2.24) is 9.36 Å². The van der Waals surface area contributed by atoms with Crippen LogP contribution in [0.5, 0.6) is 0 Å². The fraction of sp³-hybridized carbons (Fsp3) is 0.818. The Hall–Kier alpha value is -0.350. The first kappa shape index (κ1) is 12.1. The number of hydrogen-bond donors (Lipinski definition) is 1. The van der Waals surface area contributed by atoms with Gasteiger partial charge in [0, 0.05) is 34.8 Å². The van der Waals surface area contributed by atoms with Crippen molar-refractivity contribution in [2.75, 3.05) is 17.7 Å². The van der Waals surface area contributed by atoms with Crippen molar-refractivity contribution < 1.29 is 0 Å². The minimum absolute atomic E-state index is 0.0280. The second-order valence-electron chi connectivity index (χ2n) is 5.66. The highest BCUT2D eigenvalue weighted by Gasteiger charge is 2.41. The number of hydrogen-bond acceptors (Lipinski definition) is 4. The number of alkyl halides is 1. The molecule has 1 aromatic heterocycles. The quantitative estimate of drug-likeness (QED) is 0.844. The van der Waals surface area contributed by atoms with Crippen molar-refractivity contribution in [3.63, 3.8) is 0 Å². The van der Waals surface area contributed by atoms with Gasteiger partial charge in [-0.05, 0) is 12.8 Å². The minimum atomic E-state index is 0.0280. The van der Waals surface area contributed by atoms with Crippen LogP contribution in [0.3, 0.4) is 0 Å². The van der Waals surface area contributed by atoms with Crippen LogP contribution < -0.4 is 5.32 Å². The Morgan fingerprint density at radius 1 is 1.44 bits per heavy atom. The van der Waals surface area contributed by atoms with E-state index in [0.717, 1.165) is 23.4 Å². The van der Waals surface area contributed by atoms with E-state index in [-0.39, 0.29) is 5.41 Å². The first-order chi connectivity index (χ1) is 7.45. The maximum Gasteiger partial charge on any atom is 0.202 e. The van der Waals surface area contributed by atoms with E-state index in [4.69, 9.17) is 11.6 Å². The summed E-state index contributed by atoms with van der Waals surface area (Å²) in [5.41, 5.74) is 0.356. The summed E-state index contributed by atoms with van der Waals surface area (Å²) in [6, 6.07) is 0. The van der Waals surface area contributed by atoms with Crippen molar-refractivity contribution in [3.8, 4) is 0 Å². The molecule has 0 amide bonds. The van der Waals surface area contributed by atoms with Gasteiger partial charge >= 0.3 is 0 Å². The zero-order valence-electron chi connectivity index (χ0n) is 10.0. The summed E-state index contributed by atoms with van der Waals surface area (Å²) in [5, 5.41) is 4.27. The van der Waals surface area contributed by atoms with E-state index >= 15 is 0 Å². The molecule has 0 radical (unpaired) electrons. The molecule has 1 fully saturated rings. The molecule has 1 aromatic rings. The Kier molecular flexibility index (Phi) is 3.14. The van der Waals surface area contributed by atoms with E-state index in [1.807, 2.05) is 0 Å². The fourth-order valence-electron chi connectivity index (χ4n) is 1.40. The predicted molar refractivity (Wildman–Crippen MR) is 69.5 cm³/mol. The van der Waals surface area contributed by atoms with E-state index < -0.39 is 0 Å². The third-order valence-electron chi connectivity index (χ3n) is 2.95. The molecule has 90 valence electrons. The molecular weight excluding hydrogens is 242 g/mol. The second-order valence-corrected chi connectivity index (χ2v) is 6.68. The Morgan fingerprint density at radius 2 is 2.12 bits per heavy atom. The standard InChI is InChI=1S/C11H18ClN3S/c1-10(2,3)8-14-9(16-15-8)13-7-11(6-12)4-5-11/h4-7H2,1-3H3,(H,13,14,15). The lowest BCUT2D eigenvalue weighted by molar-refractivity contribution is 0.554. The lowest BCUT2D eigenvalue weighted by Crippen LogP contribution is -2.17. The smallest absolute Gasteiger partial charge is 0.202 e. The zero-order valence-corrected chi connectivity index (χ0v) is 11.6. The van der Waals surface area contributed by atoms with Crippen LogP contribution in [0.25, 0.3) is 0 Å². The normalized spacial score (nSPS) is 18.5. The highest BCUT2D eigenvalue weighted by molar-refractivity contribution is 7.09. The van der Waals surface area contributed by atoms with Crippen LogP contribution in [0.2, 0.25) is 0 Å². The molecule has 5 heteroatoms.